The summed E-state index contributed by atoms with van der Waals surface area (Å²) in [5.74, 6) is -0.446. The van der Waals surface area contributed by atoms with E-state index in [1.807, 2.05) is 0 Å². The molecule has 3 rings (SSSR count). The maximum absolute atomic E-state index is 13.3. The molecule has 0 radical (unpaired) electrons. The molecule has 5 heteroatoms. The summed E-state index contributed by atoms with van der Waals surface area (Å²) in [5, 5.41) is -0.245. The van der Waals surface area contributed by atoms with E-state index < -0.39 is 0 Å². The Bertz CT molecular complexity index is 645. The monoisotopic (exact) mass is 291 g/mol. The van der Waals surface area contributed by atoms with Crippen LogP contribution in [0.25, 0.3) is 0 Å². The van der Waals surface area contributed by atoms with Crippen LogP contribution in [0, 0.1) is 11.6 Å². The van der Waals surface area contributed by atoms with Gasteiger partial charge in [-0.05, 0) is 35.9 Å². The summed E-state index contributed by atoms with van der Waals surface area (Å²) in [6.45, 7) is 0. The van der Waals surface area contributed by atoms with Crippen LogP contribution in [-0.2, 0) is 4.79 Å². The lowest BCUT2D eigenvalue weighted by Gasteiger charge is -2.24. The van der Waals surface area contributed by atoms with Gasteiger partial charge in [0, 0.05) is 5.69 Å². The van der Waals surface area contributed by atoms with Crippen LogP contribution in [0.4, 0.5) is 14.5 Å². The van der Waals surface area contributed by atoms with Gasteiger partial charge in [-0.1, -0.05) is 18.2 Å². The van der Waals surface area contributed by atoms with Gasteiger partial charge in [0.05, 0.1) is 5.75 Å². The smallest absolute Gasteiger partial charge is 0.238 e. The van der Waals surface area contributed by atoms with Crippen molar-refractivity contribution < 1.29 is 13.6 Å². The predicted molar refractivity (Wildman–Crippen MR) is 75.5 cm³/mol. The first-order valence-corrected chi connectivity index (χ1v) is 7.15. The summed E-state index contributed by atoms with van der Waals surface area (Å²) in [5.41, 5.74) is 1.35. The number of carbonyl (C=O) groups is 1. The molecule has 2 aromatic carbocycles. The van der Waals surface area contributed by atoms with Crippen molar-refractivity contribution in [2.24, 2.45) is 0 Å². The molecule has 0 spiro atoms. The summed E-state index contributed by atoms with van der Waals surface area (Å²) in [6, 6.07) is 12.0. The van der Waals surface area contributed by atoms with Crippen molar-refractivity contribution in [2.75, 3.05) is 10.7 Å². The van der Waals surface area contributed by atoms with Gasteiger partial charge in [0.15, 0.2) is 0 Å². The SMILES string of the molecule is O=C1CSC(c2ccc(F)cc2)N1c1cccc(F)c1. The number of benzene rings is 2. The third kappa shape index (κ3) is 2.41. The Hall–Kier alpha value is -1.88. The standard InChI is InChI=1S/C15H11F2NOS/c16-11-6-4-10(5-7-11)15-18(14(19)9-20-15)13-3-1-2-12(17)8-13/h1-8,15H,9H2. The van der Waals surface area contributed by atoms with Crippen molar-refractivity contribution in [3.8, 4) is 0 Å². The largest absolute Gasteiger partial charge is 0.295 e. The highest BCUT2D eigenvalue weighted by Gasteiger charge is 2.34. The maximum Gasteiger partial charge on any atom is 0.238 e. The number of thioether (sulfide) groups is 1. The molecule has 1 atom stereocenters. The number of hydrogen-bond donors (Lipinski definition) is 0. The molecule has 2 aromatic rings. The summed E-state index contributed by atoms with van der Waals surface area (Å²) < 4.78 is 26.3. The van der Waals surface area contributed by atoms with Crippen LogP contribution in [0.5, 0.6) is 0 Å². The number of anilines is 1. The van der Waals surface area contributed by atoms with Crippen molar-refractivity contribution in [2.45, 2.75) is 5.37 Å². The molecule has 1 heterocycles. The molecule has 102 valence electrons. The van der Waals surface area contributed by atoms with Crippen LogP contribution in [-0.4, -0.2) is 11.7 Å². The maximum atomic E-state index is 13.3. The molecule has 1 fully saturated rings. The number of rotatable bonds is 2. The molecule has 0 N–H and O–H groups in total. The highest BCUT2D eigenvalue weighted by molar-refractivity contribution is 8.00. The van der Waals surface area contributed by atoms with Gasteiger partial charge in [-0.15, -0.1) is 11.8 Å². The van der Waals surface area contributed by atoms with Crippen molar-refractivity contribution in [3.05, 3.63) is 65.7 Å². The average molecular weight is 291 g/mol. The second kappa shape index (κ2) is 5.25. The van der Waals surface area contributed by atoms with Gasteiger partial charge in [0.25, 0.3) is 0 Å². The van der Waals surface area contributed by atoms with Gasteiger partial charge in [0.2, 0.25) is 5.91 Å². The summed E-state index contributed by atoms with van der Waals surface area (Å²) >= 11 is 1.45. The Balaban J connectivity index is 1.98. The minimum absolute atomic E-state index is 0.0741. The molecule has 1 amide bonds. The Morgan fingerprint density at radius 3 is 2.50 bits per heavy atom. The van der Waals surface area contributed by atoms with Crippen molar-refractivity contribution >= 4 is 23.4 Å². The van der Waals surface area contributed by atoms with Gasteiger partial charge in [0.1, 0.15) is 17.0 Å². The van der Waals surface area contributed by atoms with E-state index in [-0.39, 0.29) is 22.9 Å². The topological polar surface area (TPSA) is 20.3 Å². The molecule has 0 aromatic heterocycles. The van der Waals surface area contributed by atoms with Crippen molar-refractivity contribution in [1.82, 2.24) is 0 Å². The molecule has 1 aliphatic heterocycles. The molecule has 20 heavy (non-hydrogen) atoms. The van der Waals surface area contributed by atoms with E-state index in [1.165, 1.54) is 36.0 Å². The zero-order valence-electron chi connectivity index (χ0n) is 10.4. The minimum atomic E-state index is -0.384. The van der Waals surface area contributed by atoms with E-state index in [0.29, 0.717) is 11.4 Å². The highest BCUT2D eigenvalue weighted by Crippen LogP contribution is 2.41. The molecule has 1 saturated heterocycles. The molecule has 2 nitrogen and oxygen atoms in total. The fourth-order valence-electron chi connectivity index (χ4n) is 2.20. The molecule has 1 aliphatic rings. The molecule has 0 saturated carbocycles. The van der Waals surface area contributed by atoms with Crippen LogP contribution < -0.4 is 4.90 Å². The molecular weight excluding hydrogens is 280 g/mol. The van der Waals surface area contributed by atoms with E-state index in [0.717, 1.165) is 5.56 Å². The van der Waals surface area contributed by atoms with Gasteiger partial charge in [-0.25, -0.2) is 8.78 Å². The lowest BCUT2D eigenvalue weighted by atomic mass is 10.2. The average Bonchev–Trinajstić information content (AvgIpc) is 2.81. The van der Waals surface area contributed by atoms with E-state index in [1.54, 1.807) is 29.2 Å². The fraction of sp³-hybridized carbons (Fsp3) is 0.133. The van der Waals surface area contributed by atoms with E-state index >= 15 is 0 Å². The molecule has 1 unspecified atom stereocenters. The Morgan fingerprint density at radius 2 is 1.80 bits per heavy atom. The predicted octanol–water partition coefficient (Wildman–Crippen LogP) is 3.74. The Morgan fingerprint density at radius 1 is 1.05 bits per heavy atom. The summed E-state index contributed by atoms with van der Waals surface area (Å²) in [6.07, 6.45) is 0. The minimum Gasteiger partial charge on any atom is -0.295 e. The van der Waals surface area contributed by atoms with Crippen LogP contribution in [0.2, 0.25) is 0 Å². The number of amides is 1. The highest BCUT2D eigenvalue weighted by atomic mass is 32.2. The first-order chi connectivity index (χ1) is 9.65. The Kier molecular flexibility index (Phi) is 3.44. The number of nitrogens with zero attached hydrogens (tertiary/aromatic N) is 1. The second-order valence-electron chi connectivity index (χ2n) is 4.46. The van der Waals surface area contributed by atoms with Crippen LogP contribution in [0.15, 0.2) is 48.5 Å². The second-order valence-corrected chi connectivity index (χ2v) is 5.53. The lowest BCUT2D eigenvalue weighted by molar-refractivity contribution is -0.115. The summed E-state index contributed by atoms with van der Waals surface area (Å²) in [4.78, 5) is 13.6. The van der Waals surface area contributed by atoms with Gasteiger partial charge in [-0.2, -0.15) is 0 Å². The van der Waals surface area contributed by atoms with Crippen LogP contribution in [0.1, 0.15) is 10.9 Å². The fourth-order valence-corrected chi connectivity index (χ4v) is 3.38. The van der Waals surface area contributed by atoms with Gasteiger partial charge >= 0.3 is 0 Å². The summed E-state index contributed by atoms with van der Waals surface area (Å²) in [7, 11) is 0. The quantitative estimate of drug-likeness (QED) is 0.840. The van der Waals surface area contributed by atoms with E-state index in [2.05, 4.69) is 0 Å². The first kappa shape index (κ1) is 13.1. The zero-order valence-corrected chi connectivity index (χ0v) is 11.2. The molecule has 0 bridgehead atoms. The molecule has 0 aliphatic carbocycles. The number of hydrogen-bond acceptors (Lipinski definition) is 2. The third-order valence-corrected chi connectivity index (χ3v) is 4.32. The number of carbonyl (C=O) groups excluding carboxylic acids is 1. The number of halogens is 2. The van der Waals surface area contributed by atoms with Gasteiger partial charge < -0.3 is 0 Å². The van der Waals surface area contributed by atoms with Crippen molar-refractivity contribution in [3.63, 3.8) is 0 Å². The van der Waals surface area contributed by atoms with Crippen LogP contribution in [0.3, 0.4) is 0 Å². The van der Waals surface area contributed by atoms with E-state index in [9.17, 15) is 13.6 Å². The lowest BCUT2D eigenvalue weighted by Crippen LogP contribution is -2.27. The van der Waals surface area contributed by atoms with Crippen LogP contribution >= 0.6 is 11.8 Å². The van der Waals surface area contributed by atoms with Crippen molar-refractivity contribution in [1.29, 1.82) is 0 Å². The normalized spacial score (nSPS) is 18.6. The Labute approximate surface area is 119 Å². The molecular formula is C15H11F2NOS. The zero-order chi connectivity index (χ0) is 14.1. The van der Waals surface area contributed by atoms with E-state index in [4.69, 9.17) is 0 Å². The van der Waals surface area contributed by atoms with Gasteiger partial charge in [-0.3, -0.25) is 9.69 Å². The third-order valence-electron chi connectivity index (χ3n) is 3.11. The first-order valence-electron chi connectivity index (χ1n) is 6.10.